The van der Waals surface area contributed by atoms with Gasteiger partial charge in [-0.2, -0.15) is 0 Å². The number of phenolic OH excluding ortho intramolecular Hbond substituents is 1. The number of hydrogen-bond acceptors (Lipinski definition) is 1. The number of hydrogen-bond donors (Lipinski definition) is 1. The largest absolute Gasteiger partial charge is 0.508 e. The lowest BCUT2D eigenvalue weighted by Gasteiger charge is -2.15. The average Bonchev–Trinajstić information content (AvgIpc) is 2.55. The summed E-state index contributed by atoms with van der Waals surface area (Å²) in [5, 5.41) is 9.57. The molecular weight excluding hydrogens is 280 g/mol. The zero-order valence-electron chi connectivity index (χ0n) is 14.5. The average molecular weight is 306 g/mol. The Kier molecular flexibility index (Phi) is 7.62. The molecule has 0 heterocycles. The van der Waals surface area contributed by atoms with Crippen LogP contribution in [0.2, 0.25) is 0 Å². The molecule has 0 unspecified atom stereocenters. The molecule has 0 fully saturated rings. The van der Waals surface area contributed by atoms with Crippen LogP contribution in [0.15, 0.2) is 90.1 Å². The molecule has 1 heteroatoms. The number of aromatic hydroxyl groups is 1. The van der Waals surface area contributed by atoms with E-state index in [0.29, 0.717) is 0 Å². The summed E-state index contributed by atoms with van der Waals surface area (Å²) in [5.41, 5.74) is 5.66. The Balaban J connectivity index is 3.67. The van der Waals surface area contributed by atoms with Crippen LogP contribution in [0.1, 0.15) is 33.3 Å². The molecule has 0 saturated carbocycles. The van der Waals surface area contributed by atoms with E-state index in [9.17, 15) is 5.11 Å². The Hall–Kier alpha value is -2.54. The second-order valence-corrected chi connectivity index (χ2v) is 5.15. The molecule has 1 aromatic rings. The van der Waals surface area contributed by atoms with Crippen molar-refractivity contribution < 1.29 is 5.11 Å². The maximum atomic E-state index is 9.57. The molecule has 23 heavy (non-hydrogen) atoms. The Morgan fingerprint density at radius 3 is 2.00 bits per heavy atom. The summed E-state index contributed by atoms with van der Waals surface area (Å²) in [4.78, 5) is 0. The van der Waals surface area contributed by atoms with Crippen LogP contribution in [0.25, 0.3) is 5.57 Å². The molecule has 1 aromatic carbocycles. The molecule has 0 spiro atoms. The smallest absolute Gasteiger partial charge is 0.115 e. The highest BCUT2D eigenvalue weighted by molar-refractivity contribution is 5.86. The topological polar surface area (TPSA) is 20.2 Å². The van der Waals surface area contributed by atoms with Crippen LogP contribution >= 0.6 is 0 Å². The maximum absolute atomic E-state index is 9.57. The number of allylic oxidation sites excluding steroid dienone is 11. The normalized spacial score (nSPS) is 14.4. The zero-order valence-corrected chi connectivity index (χ0v) is 14.5. The van der Waals surface area contributed by atoms with E-state index in [2.05, 4.69) is 31.7 Å². The van der Waals surface area contributed by atoms with Gasteiger partial charge in [0.1, 0.15) is 5.75 Å². The van der Waals surface area contributed by atoms with Crippen molar-refractivity contribution in [2.45, 2.75) is 27.7 Å². The Morgan fingerprint density at radius 2 is 1.52 bits per heavy atom. The van der Waals surface area contributed by atoms with Crippen LogP contribution in [0, 0.1) is 0 Å². The number of benzene rings is 1. The van der Waals surface area contributed by atoms with Crippen molar-refractivity contribution in [1.82, 2.24) is 0 Å². The molecule has 1 rings (SSSR count). The lowest BCUT2D eigenvalue weighted by atomic mass is 9.89. The van der Waals surface area contributed by atoms with Crippen molar-refractivity contribution in [3.8, 4) is 5.75 Å². The van der Waals surface area contributed by atoms with Crippen LogP contribution in [-0.4, -0.2) is 5.11 Å². The first kappa shape index (κ1) is 18.5. The predicted octanol–water partition coefficient (Wildman–Crippen LogP) is 6.38. The van der Waals surface area contributed by atoms with E-state index in [1.54, 1.807) is 18.2 Å². The summed E-state index contributed by atoms with van der Waals surface area (Å²) in [5.74, 6) is 0.272. The van der Waals surface area contributed by atoms with Gasteiger partial charge in [0.25, 0.3) is 0 Å². The summed E-state index contributed by atoms with van der Waals surface area (Å²) < 4.78 is 0. The Labute approximate surface area is 140 Å². The molecule has 0 bridgehead atoms. The summed E-state index contributed by atoms with van der Waals surface area (Å²) in [6.45, 7) is 12.0. The molecule has 0 aliphatic rings. The fourth-order valence-corrected chi connectivity index (χ4v) is 2.49. The minimum absolute atomic E-state index is 0.272. The van der Waals surface area contributed by atoms with Gasteiger partial charge in [-0.1, -0.05) is 61.2 Å². The molecule has 0 atom stereocenters. The van der Waals surface area contributed by atoms with Crippen LogP contribution in [0.5, 0.6) is 5.75 Å². The van der Waals surface area contributed by atoms with E-state index in [0.717, 1.165) is 22.3 Å². The van der Waals surface area contributed by atoms with Crippen LogP contribution in [0.3, 0.4) is 0 Å². The first-order valence-corrected chi connectivity index (χ1v) is 7.84. The van der Waals surface area contributed by atoms with Gasteiger partial charge in [-0.05, 0) is 67.7 Å². The number of rotatable bonds is 6. The van der Waals surface area contributed by atoms with Gasteiger partial charge in [0.05, 0.1) is 0 Å². The van der Waals surface area contributed by atoms with E-state index in [1.807, 2.05) is 51.1 Å². The van der Waals surface area contributed by atoms with Gasteiger partial charge in [-0.3, -0.25) is 0 Å². The first-order valence-electron chi connectivity index (χ1n) is 7.84. The van der Waals surface area contributed by atoms with Crippen LogP contribution < -0.4 is 0 Å². The van der Waals surface area contributed by atoms with Crippen molar-refractivity contribution in [2.24, 2.45) is 0 Å². The fourth-order valence-electron chi connectivity index (χ4n) is 2.49. The minimum Gasteiger partial charge on any atom is -0.508 e. The van der Waals surface area contributed by atoms with Gasteiger partial charge in [0.2, 0.25) is 0 Å². The standard InChI is InChI=1S/C22H26O/c1-6-10-18(9-4)22(20-13-15-21(23)16-14-20)17(5)19(11-7-2)12-8-3/h6-16,23H,2H2,1,3-5H3/b10-6-,12-8-,18-9+,19-11+,22-17-. The second-order valence-electron chi connectivity index (χ2n) is 5.15. The van der Waals surface area contributed by atoms with Gasteiger partial charge in [-0.15, -0.1) is 0 Å². The van der Waals surface area contributed by atoms with Crippen molar-refractivity contribution in [3.05, 3.63) is 95.7 Å². The third-order valence-corrected chi connectivity index (χ3v) is 3.55. The van der Waals surface area contributed by atoms with Gasteiger partial charge >= 0.3 is 0 Å². The van der Waals surface area contributed by atoms with E-state index in [-0.39, 0.29) is 5.75 Å². The van der Waals surface area contributed by atoms with Crippen molar-refractivity contribution >= 4 is 5.57 Å². The number of phenols is 1. The van der Waals surface area contributed by atoms with E-state index >= 15 is 0 Å². The minimum atomic E-state index is 0.272. The maximum Gasteiger partial charge on any atom is 0.115 e. The van der Waals surface area contributed by atoms with E-state index in [4.69, 9.17) is 0 Å². The van der Waals surface area contributed by atoms with Crippen molar-refractivity contribution in [2.75, 3.05) is 0 Å². The summed E-state index contributed by atoms with van der Waals surface area (Å²) in [6, 6.07) is 7.33. The van der Waals surface area contributed by atoms with Gasteiger partial charge in [0, 0.05) is 0 Å². The van der Waals surface area contributed by atoms with E-state index < -0.39 is 0 Å². The molecule has 0 aliphatic carbocycles. The Bertz CT molecular complexity index is 677. The summed E-state index contributed by atoms with van der Waals surface area (Å²) >= 11 is 0. The molecule has 0 aliphatic heterocycles. The highest BCUT2D eigenvalue weighted by atomic mass is 16.3. The lowest BCUT2D eigenvalue weighted by molar-refractivity contribution is 0.475. The quantitative estimate of drug-likeness (QED) is 0.605. The highest BCUT2D eigenvalue weighted by Gasteiger charge is 2.11. The van der Waals surface area contributed by atoms with Gasteiger partial charge in [-0.25, -0.2) is 0 Å². The molecule has 120 valence electrons. The molecule has 0 amide bonds. The predicted molar refractivity (Wildman–Crippen MR) is 102 cm³/mol. The molecule has 1 nitrogen and oxygen atoms in total. The van der Waals surface area contributed by atoms with Crippen molar-refractivity contribution in [1.29, 1.82) is 0 Å². The third kappa shape index (κ3) is 5.00. The zero-order chi connectivity index (χ0) is 17.2. The molecule has 0 radical (unpaired) electrons. The SMILES string of the molecule is C=C/C=C(\C=C/C)C(/C)=C(C(/C=C\C)=C/C)\c1ccc(O)cc1. The summed E-state index contributed by atoms with van der Waals surface area (Å²) in [7, 11) is 0. The van der Waals surface area contributed by atoms with Crippen LogP contribution in [0.4, 0.5) is 0 Å². The third-order valence-electron chi connectivity index (χ3n) is 3.55. The molecular formula is C22H26O. The summed E-state index contributed by atoms with van der Waals surface area (Å²) in [6.07, 6.45) is 14.2. The fraction of sp³-hybridized carbons (Fsp3) is 0.182. The first-order chi connectivity index (χ1) is 11.1. The van der Waals surface area contributed by atoms with Gasteiger partial charge < -0.3 is 5.11 Å². The van der Waals surface area contributed by atoms with E-state index in [1.165, 1.54) is 5.57 Å². The van der Waals surface area contributed by atoms with Gasteiger partial charge in [0.15, 0.2) is 0 Å². The molecule has 1 N–H and O–H groups in total. The molecule has 0 saturated heterocycles. The molecule has 0 aromatic heterocycles. The van der Waals surface area contributed by atoms with Crippen molar-refractivity contribution in [3.63, 3.8) is 0 Å². The Morgan fingerprint density at radius 1 is 0.957 bits per heavy atom. The lowest BCUT2D eigenvalue weighted by Crippen LogP contribution is -1.95. The highest BCUT2D eigenvalue weighted by Crippen LogP contribution is 2.32. The second kappa shape index (κ2) is 9.47. The van der Waals surface area contributed by atoms with Crippen LogP contribution in [-0.2, 0) is 0 Å². The monoisotopic (exact) mass is 306 g/mol.